The van der Waals surface area contributed by atoms with Crippen molar-refractivity contribution in [1.82, 2.24) is 0 Å². The Morgan fingerprint density at radius 2 is 2.09 bits per heavy atom. The van der Waals surface area contributed by atoms with Gasteiger partial charge in [0.2, 0.25) is 0 Å². The Morgan fingerprint density at radius 1 is 1.64 bits per heavy atom. The van der Waals surface area contributed by atoms with Crippen molar-refractivity contribution in [3.05, 3.63) is 0 Å². The minimum absolute atomic E-state index is 0. The molecule has 0 aromatic carbocycles. The Morgan fingerprint density at radius 3 is 2.36 bits per heavy atom. The van der Waals surface area contributed by atoms with Crippen LogP contribution in [0.15, 0.2) is 0 Å². The molecule has 0 spiro atoms. The van der Waals surface area contributed by atoms with Crippen LogP contribution in [0.1, 0.15) is 19.8 Å². The van der Waals surface area contributed by atoms with Crippen molar-refractivity contribution in [3.63, 3.8) is 0 Å². The van der Waals surface area contributed by atoms with Gasteiger partial charge in [0, 0.05) is 0 Å². The first-order chi connectivity index (χ1) is 4.54. The SMILES string of the molecule is CCCC(O)S(=O)(=O)OCl.[NaH]. The molecule has 0 aromatic rings. The van der Waals surface area contributed by atoms with Gasteiger partial charge in [-0.15, -0.1) is 0 Å². The summed E-state index contributed by atoms with van der Waals surface area (Å²) in [4.78, 5) is 0. The fourth-order valence-corrected chi connectivity index (χ4v) is 1.29. The van der Waals surface area contributed by atoms with Crippen LogP contribution in [-0.4, -0.2) is 48.5 Å². The number of hydrogen-bond acceptors (Lipinski definition) is 4. The Kier molecular flexibility index (Phi) is 8.87. The van der Waals surface area contributed by atoms with Crippen LogP contribution in [0.5, 0.6) is 0 Å². The quantitative estimate of drug-likeness (QED) is 0.664. The van der Waals surface area contributed by atoms with Crippen LogP contribution in [0.25, 0.3) is 0 Å². The summed E-state index contributed by atoms with van der Waals surface area (Å²) >= 11 is 4.58. The van der Waals surface area contributed by atoms with Crippen LogP contribution >= 0.6 is 11.9 Å². The molecule has 1 N–H and O–H groups in total. The second kappa shape index (κ2) is 6.65. The van der Waals surface area contributed by atoms with E-state index in [4.69, 9.17) is 5.11 Å². The van der Waals surface area contributed by atoms with Crippen molar-refractivity contribution in [1.29, 1.82) is 0 Å². The summed E-state index contributed by atoms with van der Waals surface area (Å²) in [5.41, 5.74) is -1.50. The van der Waals surface area contributed by atoms with E-state index in [1.807, 2.05) is 0 Å². The summed E-state index contributed by atoms with van der Waals surface area (Å²) in [5.74, 6) is 0. The predicted molar refractivity (Wildman–Crippen MR) is 43.9 cm³/mol. The van der Waals surface area contributed by atoms with E-state index in [-0.39, 0.29) is 36.0 Å². The van der Waals surface area contributed by atoms with Gasteiger partial charge < -0.3 is 5.11 Å². The maximum absolute atomic E-state index is 10.5. The van der Waals surface area contributed by atoms with E-state index in [0.29, 0.717) is 6.42 Å². The van der Waals surface area contributed by atoms with E-state index in [9.17, 15) is 8.42 Å². The molecule has 0 radical (unpaired) electrons. The molecule has 0 saturated heterocycles. The van der Waals surface area contributed by atoms with Crippen molar-refractivity contribution in [2.24, 2.45) is 0 Å². The van der Waals surface area contributed by atoms with E-state index in [2.05, 4.69) is 15.6 Å². The van der Waals surface area contributed by atoms with Crippen LogP contribution in [0.2, 0.25) is 0 Å². The van der Waals surface area contributed by atoms with Crippen LogP contribution in [-0.2, 0) is 13.9 Å². The van der Waals surface area contributed by atoms with Crippen LogP contribution < -0.4 is 0 Å². The Hall–Kier alpha value is 1.16. The Bertz CT molecular complexity index is 181. The molecule has 0 aromatic heterocycles. The summed E-state index contributed by atoms with van der Waals surface area (Å²) in [6.45, 7) is 1.74. The normalized spacial score (nSPS) is 13.7. The second-order valence-corrected chi connectivity index (χ2v) is 3.83. The zero-order chi connectivity index (χ0) is 8.20. The number of hydrogen-bond donors (Lipinski definition) is 1. The van der Waals surface area contributed by atoms with Crippen LogP contribution in [0, 0.1) is 0 Å². The molecular formula is C4H10ClNaO4S. The van der Waals surface area contributed by atoms with Gasteiger partial charge in [-0.2, -0.15) is 12.2 Å². The molecule has 0 aliphatic heterocycles. The third kappa shape index (κ3) is 5.41. The van der Waals surface area contributed by atoms with Crippen molar-refractivity contribution in [2.75, 3.05) is 0 Å². The second-order valence-electron chi connectivity index (χ2n) is 1.80. The average Bonchev–Trinajstić information content (AvgIpc) is 1.89. The molecule has 4 nitrogen and oxygen atoms in total. The molecular weight excluding hydrogens is 203 g/mol. The first kappa shape index (κ1) is 14.7. The zero-order valence-corrected chi connectivity index (χ0v) is 7.02. The molecule has 0 fully saturated rings. The van der Waals surface area contributed by atoms with Gasteiger partial charge in [-0.05, 0) is 6.42 Å². The van der Waals surface area contributed by atoms with Crippen LogP contribution in [0.3, 0.4) is 0 Å². The van der Waals surface area contributed by atoms with Gasteiger partial charge in [-0.25, -0.2) is 0 Å². The first-order valence-corrected chi connectivity index (χ1v) is 4.54. The molecule has 1 unspecified atom stereocenters. The average molecular weight is 213 g/mol. The summed E-state index contributed by atoms with van der Waals surface area (Å²) in [6, 6.07) is 0. The molecule has 0 aliphatic rings. The molecule has 0 amide bonds. The number of aliphatic hydroxyl groups is 1. The van der Waals surface area contributed by atoms with Gasteiger partial charge in [0.25, 0.3) is 0 Å². The van der Waals surface area contributed by atoms with Gasteiger partial charge in [0.05, 0.1) is 11.9 Å². The van der Waals surface area contributed by atoms with E-state index >= 15 is 0 Å². The number of rotatable bonds is 4. The molecule has 64 valence electrons. The summed E-state index contributed by atoms with van der Waals surface area (Å²) in [6.07, 6.45) is 0.690. The summed E-state index contributed by atoms with van der Waals surface area (Å²) < 4.78 is 24.5. The first-order valence-electron chi connectivity index (χ1n) is 2.76. The van der Waals surface area contributed by atoms with E-state index in [0.717, 1.165) is 0 Å². The van der Waals surface area contributed by atoms with Crippen molar-refractivity contribution < 1.29 is 17.3 Å². The molecule has 0 bridgehead atoms. The molecule has 1 atom stereocenters. The molecule has 11 heavy (non-hydrogen) atoms. The molecule has 0 rings (SSSR count). The van der Waals surface area contributed by atoms with Gasteiger partial charge in [0.15, 0.2) is 5.44 Å². The Labute approximate surface area is 93.5 Å². The van der Waals surface area contributed by atoms with Gasteiger partial charge in [0.1, 0.15) is 0 Å². The third-order valence-electron chi connectivity index (χ3n) is 0.957. The van der Waals surface area contributed by atoms with Crippen molar-refractivity contribution in [3.8, 4) is 0 Å². The third-order valence-corrected chi connectivity index (χ3v) is 2.56. The van der Waals surface area contributed by atoms with Crippen molar-refractivity contribution in [2.45, 2.75) is 25.2 Å². The van der Waals surface area contributed by atoms with Crippen LogP contribution in [0.4, 0.5) is 0 Å². The van der Waals surface area contributed by atoms with Gasteiger partial charge in [-0.3, -0.25) is 0 Å². The predicted octanol–water partition coefficient (Wildman–Crippen LogP) is -0.0434. The van der Waals surface area contributed by atoms with Gasteiger partial charge >= 0.3 is 39.7 Å². The minimum atomic E-state index is -3.94. The van der Waals surface area contributed by atoms with E-state index < -0.39 is 15.6 Å². The molecule has 0 aliphatic carbocycles. The summed E-state index contributed by atoms with van der Waals surface area (Å²) in [7, 11) is -3.94. The molecule has 0 heterocycles. The van der Waals surface area contributed by atoms with Crippen molar-refractivity contribution >= 4 is 51.5 Å². The summed E-state index contributed by atoms with van der Waals surface area (Å²) in [5, 5.41) is 8.78. The Balaban J connectivity index is 0. The zero-order valence-electron chi connectivity index (χ0n) is 5.45. The van der Waals surface area contributed by atoms with E-state index in [1.165, 1.54) is 0 Å². The topological polar surface area (TPSA) is 63.6 Å². The molecule has 0 saturated carbocycles. The fraction of sp³-hybridized carbons (Fsp3) is 1.00. The number of halogens is 1. The fourth-order valence-electron chi connectivity index (χ4n) is 0.433. The molecule has 7 heteroatoms. The maximum atomic E-state index is 10.5. The monoisotopic (exact) mass is 212 g/mol. The standard InChI is InChI=1S/C4H9ClO4S.Na.H/c1-2-3-4(6)10(7,8)9-5;;/h4,6H,2-3H2,1H3;;. The van der Waals surface area contributed by atoms with Gasteiger partial charge in [-0.1, -0.05) is 13.3 Å². The number of aliphatic hydroxyl groups excluding tert-OH is 1. The van der Waals surface area contributed by atoms with E-state index in [1.54, 1.807) is 6.92 Å².